The van der Waals surface area contributed by atoms with Crippen LogP contribution >= 0.6 is 0 Å². The summed E-state index contributed by atoms with van der Waals surface area (Å²) in [5, 5.41) is 0. The molecule has 2 aromatic carbocycles. The van der Waals surface area contributed by atoms with Gasteiger partial charge < -0.3 is 9.15 Å². The smallest absolute Gasteiger partial charge is 0.199 e. The number of hydrogen-bond donors (Lipinski definition) is 0. The van der Waals surface area contributed by atoms with Gasteiger partial charge >= 0.3 is 0 Å². The van der Waals surface area contributed by atoms with Gasteiger partial charge in [0.2, 0.25) is 0 Å². The first-order chi connectivity index (χ1) is 13.1. The van der Waals surface area contributed by atoms with Gasteiger partial charge in [-0.25, -0.2) is 4.98 Å². The van der Waals surface area contributed by atoms with Crippen molar-refractivity contribution >= 4 is 16.9 Å². The van der Waals surface area contributed by atoms with E-state index in [9.17, 15) is 4.79 Å². The van der Waals surface area contributed by atoms with Crippen LogP contribution < -0.4 is 4.74 Å². The van der Waals surface area contributed by atoms with E-state index in [-0.39, 0.29) is 12.0 Å². The fraction of sp³-hybridized carbons (Fsp3) is 0.391. The van der Waals surface area contributed by atoms with Gasteiger partial charge in [0.1, 0.15) is 17.0 Å². The number of ketones is 1. The van der Waals surface area contributed by atoms with Gasteiger partial charge in [-0.2, -0.15) is 0 Å². The van der Waals surface area contributed by atoms with Crippen molar-refractivity contribution in [2.24, 2.45) is 5.92 Å². The minimum absolute atomic E-state index is 0.178. The Morgan fingerprint density at radius 3 is 2.70 bits per heavy atom. The van der Waals surface area contributed by atoms with Crippen molar-refractivity contribution in [3.8, 4) is 5.75 Å². The number of ether oxygens (including phenoxy) is 1. The molecule has 4 heteroatoms. The highest BCUT2D eigenvalue weighted by Crippen LogP contribution is 2.30. The first kappa shape index (κ1) is 17.8. The molecule has 0 saturated heterocycles. The molecular weight excluding hydrogens is 338 g/mol. The molecule has 0 atom stereocenters. The maximum atomic E-state index is 11.5. The predicted octanol–water partition coefficient (Wildman–Crippen LogP) is 5.25. The van der Waals surface area contributed by atoms with Crippen LogP contribution in [0.25, 0.3) is 11.1 Å². The zero-order valence-corrected chi connectivity index (χ0v) is 15.9. The Morgan fingerprint density at radius 2 is 1.96 bits per heavy atom. The fourth-order valence-corrected chi connectivity index (χ4v) is 3.88. The summed E-state index contributed by atoms with van der Waals surface area (Å²) in [6.07, 6.45) is 4.57. The lowest BCUT2D eigenvalue weighted by molar-refractivity contribution is -0.122. The number of nitrogens with zero attached hydrogens (tertiary/aromatic N) is 1. The molecule has 1 aromatic heterocycles. The second kappa shape index (κ2) is 7.55. The van der Waals surface area contributed by atoms with Crippen LogP contribution in [0.2, 0.25) is 0 Å². The van der Waals surface area contributed by atoms with E-state index >= 15 is 0 Å². The summed E-state index contributed by atoms with van der Waals surface area (Å²) in [5.74, 6) is 2.06. The number of aromatic nitrogens is 1. The predicted molar refractivity (Wildman–Crippen MR) is 105 cm³/mol. The van der Waals surface area contributed by atoms with E-state index < -0.39 is 0 Å². The number of Topliss-reactive ketones (excluding diaryl/α,β-unsaturated/α-hetero) is 1. The van der Waals surface area contributed by atoms with Crippen LogP contribution in [-0.4, -0.2) is 16.9 Å². The second-order valence-corrected chi connectivity index (χ2v) is 7.61. The molecule has 0 N–H and O–H groups in total. The number of fused-ring (bicyclic) bond motifs is 1. The number of carbonyl (C=O) groups excluding carboxylic acids is 1. The maximum absolute atomic E-state index is 11.5. The summed E-state index contributed by atoms with van der Waals surface area (Å²) in [4.78, 5) is 16.1. The largest absolute Gasteiger partial charge is 0.490 e. The average molecular weight is 363 g/mol. The van der Waals surface area contributed by atoms with Gasteiger partial charge in [0.25, 0.3) is 0 Å². The Kier molecular flexibility index (Phi) is 4.97. The van der Waals surface area contributed by atoms with Gasteiger partial charge in [0.15, 0.2) is 11.5 Å². The lowest BCUT2D eigenvalue weighted by atomic mass is 9.85. The molecule has 1 aliphatic carbocycles. The first-order valence-electron chi connectivity index (χ1n) is 9.69. The van der Waals surface area contributed by atoms with E-state index in [0.29, 0.717) is 12.2 Å². The Balaban J connectivity index is 1.44. The van der Waals surface area contributed by atoms with E-state index in [1.165, 1.54) is 11.1 Å². The van der Waals surface area contributed by atoms with Crippen molar-refractivity contribution in [3.63, 3.8) is 0 Å². The van der Waals surface area contributed by atoms with Crippen molar-refractivity contribution in [1.29, 1.82) is 0 Å². The van der Waals surface area contributed by atoms with Crippen molar-refractivity contribution < 1.29 is 13.9 Å². The number of rotatable bonds is 5. The van der Waals surface area contributed by atoms with Crippen LogP contribution in [0.5, 0.6) is 5.75 Å². The molecule has 1 saturated carbocycles. The minimum Gasteiger partial charge on any atom is -0.490 e. The summed E-state index contributed by atoms with van der Waals surface area (Å²) in [7, 11) is 0. The third-order valence-electron chi connectivity index (χ3n) is 5.39. The van der Waals surface area contributed by atoms with E-state index in [1.807, 2.05) is 18.2 Å². The molecule has 4 nitrogen and oxygen atoms in total. The third kappa shape index (κ3) is 4.21. The highest BCUT2D eigenvalue weighted by Gasteiger charge is 2.25. The monoisotopic (exact) mass is 363 g/mol. The van der Waals surface area contributed by atoms with Crippen LogP contribution in [0.1, 0.15) is 49.6 Å². The zero-order chi connectivity index (χ0) is 18.8. The standard InChI is InChI=1S/C23H25NO3/c1-15-4-3-5-17(12-15)13-23-24-21-14-20(10-11-22(21)27-23)26-19-8-6-18(7-9-19)16(2)25/h3-5,10-12,14,18-19H,6-9,13H2,1-2H3. The summed E-state index contributed by atoms with van der Waals surface area (Å²) in [5.41, 5.74) is 4.04. The van der Waals surface area contributed by atoms with E-state index in [1.54, 1.807) is 6.92 Å². The Labute approximate surface area is 159 Å². The van der Waals surface area contributed by atoms with E-state index in [0.717, 1.165) is 48.4 Å². The average Bonchev–Trinajstić information content (AvgIpc) is 3.03. The van der Waals surface area contributed by atoms with Crippen molar-refractivity contribution in [2.75, 3.05) is 0 Å². The normalized spacial score (nSPS) is 19.9. The molecule has 0 bridgehead atoms. The third-order valence-corrected chi connectivity index (χ3v) is 5.39. The van der Waals surface area contributed by atoms with Crippen LogP contribution in [0.4, 0.5) is 0 Å². The van der Waals surface area contributed by atoms with E-state index in [4.69, 9.17) is 9.15 Å². The number of hydrogen-bond acceptors (Lipinski definition) is 4. The molecule has 1 aliphatic rings. The summed E-state index contributed by atoms with van der Waals surface area (Å²) in [6.45, 7) is 3.78. The topological polar surface area (TPSA) is 52.3 Å². The minimum atomic E-state index is 0.178. The molecule has 140 valence electrons. The number of benzene rings is 2. The Bertz CT molecular complexity index is 951. The second-order valence-electron chi connectivity index (χ2n) is 7.61. The Morgan fingerprint density at radius 1 is 1.15 bits per heavy atom. The van der Waals surface area contributed by atoms with Gasteiger partial charge in [-0.05, 0) is 57.2 Å². The molecule has 1 fully saturated rings. The van der Waals surface area contributed by atoms with Crippen LogP contribution in [-0.2, 0) is 11.2 Å². The molecule has 0 aliphatic heterocycles. The molecule has 0 unspecified atom stereocenters. The first-order valence-corrected chi connectivity index (χ1v) is 9.69. The van der Waals surface area contributed by atoms with Gasteiger partial charge in [-0.3, -0.25) is 4.79 Å². The summed E-state index contributed by atoms with van der Waals surface area (Å²) in [6, 6.07) is 14.2. The van der Waals surface area contributed by atoms with Crippen molar-refractivity contribution in [1.82, 2.24) is 4.98 Å². The highest BCUT2D eigenvalue weighted by atomic mass is 16.5. The Hall–Kier alpha value is -2.62. The van der Waals surface area contributed by atoms with Crippen molar-refractivity contribution in [3.05, 3.63) is 59.5 Å². The van der Waals surface area contributed by atoms with Crippen molar-refractivity contribution in [2.45, 2.75) is 52.1 Å². The van der Waals surface area contributed by atoms with Crippen LogP contribution in [0.15, 0.2) is 46.9 Å². The molecule has 4 rings (SSSR count). The molecule has 27 heavy (non-hydrogen) atoms. The van der Waals surface area contributed by atoms with Gasteiger partial charge in [0, 0.05) is 18.4 Å². The maximum Gasteiger partial charge on any atom is 0.199 e. The fourth-order valence-electron chi connectivity index (χ4n) is 3.88. The van der Waals surface area contributed by atoms with Gasteiger partial charge in [-0.1, -0.05) is 29.8 Å². The molecular formula is C23H25NO3. The zero-order valence-electron chi connectivity index (χ0n) is 15.9. The number of oxazole rings is 1. The summed E-state index contributed by atoms with van der Waals surface area (Å²) < 4.78 is 12.0. The molecule has 1 heterocycles. The number of aryl methyl sites for hydroxylation is 1. The van der Waals surface area contributed by atoms with Crippen LogP contribution in [0, 0.1) is 12.8 Å². The molecule has 0 radical (unpaired) electrons. The highest BCUT2D eigenvalue weighted by molar-refractivity contribution is 5.78. The molecule has 0 amide bonds. The van der Waals surface area contributed by atoms with E-state index in [2.05, 4.69) is 36.2 Å². The SMILES string of the molecule is CC(=O)C1CCC(Oc2ccc3oc(Cc4cccc(C)c4)nc3c2)CC1. The van der Waals surface area contributed by atoms with Crippen LogP contribution in [0.3, 0.4) is 0 Å². The molecule has 0 spiro atoms. The quantitative estimate of drug-likeness (QED) is 0.621. The lowest BCUT2D eigenvalue weighted by Gasteiger charge is -2.27. The number of carbonyl (C=O) groups is 1. The van der Waals surface area contributed by atoms with Gasteiger partial charge in [-0.15, -0.1) is 0 Å². The van der Waals surface area contributed by atoms with Gasteiger partial charge in [0.05, 0.1) is 6.10 Å². The summed E-state index contributed by atoms with van der Waals surface area (Å²) >= 11 is 0. The molecule has 3 aromatic rings. The lowest BCUT2D eigenvalue weighted by Crippen LogP contribution is -2.26.